The Kier molecular flexibility index (Phi) is 4.35. The fourth-order valence-corrected chi connectivity index (χ4v) is 3.09. The second-order valence-corrected chi connectivity index (χ2v) is 6.88. The first kappa shape index (κ1) is 14.9. The van der Waals surface area contributed by atoms with Crippen molar-refractivity contribution < 1.29 is 8.42 Å². The van der Waals surface area contributed by atoms with Crippen LogP contribution in [0.25, 0.3) is 0 Å². The minimum absolute atomic E-state index is 0.139. The van der Waals surface area contributed by atoms with Crippen LogP contribution in [0, 0.1) is 0 Å². The first-order valence-electron chi connectivity index (χ1n) is 6.09. The van der Waals surface area contributed by atoms with E-state index in [1.54, 1.807) is 12.1 Å². The van der Waals surface area contributed by atoms with Crippen molar-refractivity contribution in [1.29, 1.82) is 0 Å². The molecule has 0 saturated heterocycles. The predicted molar refractivity (Wildman–Crippen MR) is 85.2 cm³/mol. The van der Waals surface area contributed by atoms with E-state index in [-0.39, 0.29) is 4.90 Å². The van der Waals surface area contributed by atoms with E-state index in [2.05, 4.69) is 20.7 Å². The van der Waals surface area contributed by atoms with E-state index in [4.69, 9.17) is 5.73 Å². The molecule has 0 atom stereocenters. The molecule has 2 aromatic rings. The number of hydrogen-bond donors (Lipinski definition) is 2. The maximum atomic E-state index is 12.3. The van der Waals surface area contributed by atoms with Gasteiger partial charge in [0.05, 0.1) is 4.90 Å². The van der Waals surface area contributed by atoms with Gasteiger partial charge in [-0.3, -0.25) is 4.72 Å². The van der Waals surface area contributed by atoms with Crippen molar-refractivity contribution >= 4 is 37.3 Å². The van der Waals surface area contributed by atoms with Crippen LogP contribution in [-0.2, 0) is 16.4 Å². The van der Waals surface area contributed by atoms with E-state index in [0.29, 0.717) is 15.8 Å². The van der Waals surface area contributed by atoms with Gasteiger partial charge in [-0.15, -0.1) is 0 Å². The SMILES string of the molecule is CCc1cccc(NS(=O)(=O)c2ccc(Br)c(N)c2)c1. The quantitative estimate of drug-likeness (QED) is 0.826. The Balaban J connectivity index is 2.32. The number of anilines is 2. The highest BCUT2D eigenvalue weighted by atomic mass is 79.9. The third-order valence-corrected chi connectivity index (χ3v) is 4.97. The lowest BCUT2D eigenvalue weighted by molar-refractivity contribution is 0.601. The molecule has 6 heteroatoms. The van der Waals surface area contributed by atoms with Crippen molar-refractivity contribution in [3.05, 3.63) is 52.5 Å². The number of aryl methyl sites for hydroxylation is 1. The van der Waals surface area contributed by atoms with Crippen molar-refractivity contribution in [2.75, 3.05) is 10.5 Å². The Morgan fingerprint density at radius 1 is 1.20 bits per heavy atom. The van der Waals surface area contributed by atoms with Crippen molar-refractivity contribution in [2.45, 2.75) is 18.2 Å². The number of hydrogen-bond acceptors (Lipinski definition) is 3. The Morgan fingerprint density at radius 3 is 2.60 bits per heavy atom. The standard InChI is InChI=1S/C14H15BrN2O2S/c1-2-10-4-3-5-11(8-10)17-20(18,19)12-6-7-13(15)14(16)9-12/h3-9,17H,2,16H2,1H3. The average molecular weight is 355 g/mol. The lowest BCUT2D eigenvalue weighted by Gasteiger charge is -2.10. The highest BCUT2D eigenvalue weighted by Gasteiger charge is 2.15. The Morgan fingerprint density at radius 2 is 1.95 bits per heavy atom. The monoisotopic (exact) mass is 354 g/mol. The highest BCUT2D eigenvalue weighted by molar-refractivity contribution is 9.10. The molecular formula is C14H15BrN2O2S. The van der Waals surface area contributed by atoms with Gasteiger partial charge in [-0.2, -0.15) is 0 Å². The summed E-state index contributed by atoms with van der Waals surface area (Å²) in [7, 11) is -3.63. The molecule has 2 aromatic carbocycles. The van der Waals surface area contributed by atoms with Crippen LogP contribution >= 0.6 is 15.9 Å². The van der Waals surface area contributed by atoms with Crippen molar-refractivity contribution in [1.82, 2.24) is 0 Å². The van der Waals surface area contributed by atoms with E-state index in [1.165, 1.54) is 12.1 Å². The zero-order valence-electron chi connectivity index (χ0n) is 10.9. The van der Waals surface area contributed by atoms with Gasteiger partial charge in [-0.05, 0) is 58.2 Å². The maximum absolute atomic E-state index is 12.3. The van der Waals surface area contributed by atoms with Crippen molar-refractivity contribution in [3.63, 3.8) is 0 Å². The molecule has 0 unspecified atom stereocenters. The zero-order valence-corrected chi connectivity index (χ0v) is 13.3. The Hall–Kier alpha value is -1.53. The Bertz CT molecular complexity index is 730. The van der Waals surface area contributed by atoms with E-state index in [1.807, 2.05) is 25.1 Å². The molecule has 20 heavy (non-hydrogen) atoms. The second-order valence-electron chi connectivity index (χ2n) is 4.34. The van der Waals surface area contributed by atoms with E-state index < -0.39 is 10.0 Å². The minimum atomic E-state index is -3.63. The molecule has 0 aromatic heterocycles. The van der Waals surface area contributed by atoms with Gasteiger partial charge < -0.3 is 5.73 Å². The summed E-state index contributed by atoms with van der Waals surface area (Å²) in [5.74, 6) is 0. The molecule has 0 bridgehead atoms. The van der Waals surface area contributed by atoms with Gasteiger partial charge in [0.15, 0.2) is 0 Å². The lowest BCUT2D eigenvalue weighted by Crippen LogP contribution is -2.13. The van der Waals surface area contributed by atoms with Gasteiger partial charge in [-0.1, -0.05) is 19.1 Å². The predicted octanol–water partition coefficient (Wildman–Crippen LogP) is 3.39. The summed E-state index contributed by atoms with van der Waals surface area (Å²) < 4.78 is 27.8. The fourth-order valence-electron chi connectivity index (χ4n) is 1.76. The third kappa shape index (κ3) is 3.32. The van der Waals surface area contributed by atoms with Gasteiger partial charge in [0, 0.05) is 15.8 Å². The van der Waals surface area contributed by atoms with Gasteiger partial charge in [0.2, 0.25) is 0 Å². The van der Waals surface area contributed by atoms with Crippen LogP contribution in [0.3, 0.4) is 0 Å². The summed E-state index contributed by atoms with van der Waals surface area (Å²) in [5.41, 5.74) is 7.72. The van der Waals surface area contributed by atoms with E-state index in [9.17, 15) is 8.42 Å². The van der Waals surface area contributed by atoms with Crippen LogP contribution in [0.1, 0.15) is 12.5 Å². The van der Waals surface area contributed by atoms with Gasteiger partial charge in [0.1, 0.15) is 0 Å². The fraction of sp³-hybridized carbons (Fsp3) is 0.143. The summed E-state index contributed by atoms with van der Waals surface area (Å²) in [6, 6.07) is 11.9. The molecule has 0 aliphatic heterocycles. The summed E-state index contributed by atoms with van der Waals surface area (Å²) in [5, 5.41) is 0. The summed E-state index contributed by atoms with van der Waals surface area (Å²) in [6.45, 7) is 2.02. The second kappa shape index (κ2) is 5.85. The van der Waals surface area contributed by atoms with Gasteiger partial charge >= 0.3 is 0 Å². The molecule has 3 N–H and O–H groups in total. The first-order chi connectivity index (χ1) is 9.42. The molecule has 106 valence electrons. The number of benzene rings is 2. The van der Waals surface area contributed by atoms with Crippen molar-refractivity contribution in [3.8, 4) is 0 Å². The first-order valence-corrected chi connectivity index (χ1v) is 8.37. The van der Waals surface area contributed by atoms with Gasteiger partial charge in [0.25, 0.3) is 10.0 Å². The van der Waals surface area contributed by atoms with Crippen LogP contribution in [0.15, 0.2) is 51.8 Å². The number of nitrogens with one attached hydrogen (secondary N) is 1. The topological polar surface area (TPSA) is 72.2 Å². The molecule has 0 aliphatic carbocycles. The summed E-state index contributed by atoms with van der Waals surface area (Å²) in [4.78, 5) is 0.139. The normalized spacial score (nSPS) is 11.3. The smallest absolute Gasteiger partial charge is 0.261 e. The number of nitrogens with two attached hydrogens (primary N) is 1. The van der Waals surface area contributed by atoms with Gasteiger partial charge in [-0.25, -0.2) is 8.42 Å². The molecule has 4 nitrogen and oxygen atoms in total. The maximum Gasteiger partial charge on any atom is 0.261 e. The van der Waals surface area contributed by atoms with Crippen LogP contribution < -0.4 is 10.5 Å². The van der Waals surface area contributed by atoms with Crippen LogP contribution in [-0.4, -0.2) is 8.42 Å². The molecule has 2 rings (SSSR count). The van der Waals surface area contributed by atoms with E-state index >= 15 is 0 Å². The molecule has 0 heterocycles. The molecule has 0 spiro atoms. The Labute approximate surface area is 127 Å². The van der Waals surface area contributed by atoms with Crippen LogP contribution in [0.4, 0.5) is 11.4 Å². The largest absolute Gasteiger partial charge is 0.398 e. The third-order valence-electron chi connectivity index (χ3n) is 2.87. The number of rotatable bonds is 4. The molecule has 0 fully saturated rings. The van der Waals surface area contributed by atoms with E-state index in [0.717, 1.165) is 12.0 Å². The van der Waals surface area contributed by atoms with Crippen LogP contribution in [0.2, 0.25) is 0 Å². The zero-order chi connectivity index (χ0) is 14.8. The summed E-state index contributed by atoms with van der Waals surface area (Å²) in [6.07, 6.45) is 0.848. The number of nitrogen functional groups attached to an aromatic ring is 1. The molecule has 0 saturated carbocycles. The minimum Gasteiger partial charge on any atom is -0.398 e. The molecule has 0 amide bonds. The molecule has 0 radical (unpaired) electrons. The van der Waals surface area contributed by atoms with Crippen molar-refractivity contribution in [2.24, 2.45) is 0 Å². The highest BCUT2D eigenvalue weighted by Crippen LogP contribution is 2.24. The molecular weight excluding hydrogens is 340 g/mol. The number of halogens is 1. The number of sulfonamides is 1. The van der Waals surface area contributed by atoms with Crippen LogP contribution in [0.5, 0.6) is 0 Å². The molecule has 0 aliphatic rings. The summed E-state index contributed by atoms with van der Waals surface area (Å²) >= 11 is 3.24. The lowest BCUT2D eigenvalue weighted by atomic mass is 10.1. The average Bonchev–Trinajstić information content (AvgIpc) is 2.41.